The number of aromatic nitrogens is 2. The highest BCUT2D eigenvalue weighted by Crippen LogP contribution is 2.30. The first kappa shape index (κ1) is 15.9. The van der Waals surface area contributed by atoms with E-state index in [0.717, 1.165) is 40.8 Å². The largest absolute Gasteiger partial charge is 0.351 e. The standard InChI is InChI=1S/C17H13F2N3O2S/c18-11-5-10(6-12(19)7-11)17-21-15(22-24-17)14-4-3-13(25-14)8-20-16(23)9-1-2-9/h3-7,9H,1-2,8H2,(H,20,23). The third-order valence-corrected chi connectivity index (χ3v) is 4.88. The van der Waals surface area contributed by atoms with Gasteiger partial charge in [-0.25, -0.2) is 8.78 Å². The highest BCUT2D eigenvalue weighted by Gasteiger charge is 2.29. The highest BCUT2D eigenvalue weighted by molar-refractivity contribution is 7.15. The molecule has 0 saturated heterocycles. The summed E-state index contributed by atoms with van der Waals surface area (Å²) in [7, 11) is 0. The molecule has 2 heterocycles. The van der Waals surface area contributed by atoms with Crippen molar-refractivity contribution in [2.45, 2.75) is 19.4 Å². The van der Waals surface area contributed by atoms with E-state index in [1.165, 1.54) is 11.3 Å². The number of carbonyl (C=O) groups excluding carboxylic acids is 1. The Morgan fingerprint density at radius 1 is 1.24 bits per heavy atom. The summed E-state index contributed by atoms with van der Waals surface area (Å²) in [6.07, 6.45) is 1.93. The average molecular weight is 361 g/mol. The molecule has 5 nitrogen and oxygen atoms in total. The van der Waals surface area contributed by atoms with E-state index in [1.807, 2.05) is 12.1 Å². The van der Waals surface area contributed by atoms with Gasteiger partial charge in [0.15, 0.2) is 0 Å². The van der Waals surface area contributed by atoms with E-state index in [0.29, 0.717) is 12.4 Å². The van der Waals surface area contributed by atoms with Gasteiger partial charge in [0.1, 0.15) is 11.6 Å². The average Bonchev–Trinajstić information content (AvgIpc) is 3.12. The Labute approximate surface area is 145 Å². The first-order valence-electron chi connectivity index (χ1n) is 7.75. The lowest BCUT2D eigenvalue weighted by molar-refractivity contribution is -0.122. The van der Waals surface area contributed by atoms with Crippen molar-refractivity contribution in [2.75, 3.05) is 0 Å². The monoisotopic (exact) mass is 361 g/mol. The van der Waals surface area contributed by atoms with E-state index < -0.39 is 11.6 Å². The molecule has 0 spiro atoms. The summed E-state index contributed by atoms with van der Waals surface area (Å²) < 4.78 is 31.7. The van der Waals surface area contributed by atoms with Crippen molar-refractivity contribution < 1.29 is 18.1 Å². The van der Waals surface area contributed by atoms with Crippen LogP contribution in [0.1, 0.15) is 17.7 Å². The number of halogens is 2. The minimum atomic E-state index is -0.709. The van der Waals surface area contributed by atoms with E-state index in [9.17, 15) is 13.6 Å². The van der Waals surface area contributed by atoms with Crippen molar-refractivity contribution in [3.05, 3.63) is 46.8 Å². The Balaban J connectivity index is 1.49. The van der Waals surface area contributed by atoms with Crippen LogP contribution in [-0.2, 0) is 11.3 Å². The Morgan fingerprint density at radius 3 is 2.72 bits per heavy atom. The number of rotatable bonds is 5. The number of nitrogens with one attached hydrogen (secondary N) is 1. The van der Waals surface area contributed by atoms with Crippen LogP contribution in [0.2, 0.25) is 0 Å². The van der Waals surface area contributed by atoms with Gasteiger partial charge in [-0.3, -0.25) is 4.79 Å². The molecule has 0 bridgehead atoms. The number of hydrogen-bond donors (Lipinski definition) is 1. The number of amides is 1. The Morgan fingerprint density at radius 2 is 2.00 bits per heavy atom. The molecule has 0 unspecified atom stereocenters. The van der Waals surface area contributed by atoms with Crippen LogP contribution in [-0.4, -0.2) is 16.0 Å². The van der Waals surface area contributed by atoms with Crippen LogP contribution in [0, 0.1) is 17.6 Å². The maximum atomic E-state index is 13.3. The van der Waals surface area contributed by atoms with Gasteiger partial charge >= 0.3 is 0 Å². The Hall–Kier alpha value is -2.61. The minimum Gasteiger partial charge on any atom is -0.351 e. The van der Waals surface area contributed by atoms with Crippen molar-refractivity contribution in [3.8, 4) is 22.2 Å². The summed E-state index contributed by atoms with van der Waals surface area (Å²) in [4.78, 5) is 17.6. The lowest BCUT2D eigenvalue weighted by Gasteiger charge is -2.00. The zero-order valence-corrected chi connectivity index (χ0v) is 13.8. The van der Waals surface area contributed by atoms with Crippen molar-refractivity contribution in [2.24, 2.45) is 5.92 Å². The third-order valence-electron chi connectivity index (χ3n) is 3.80. The smallest absolute Gasteiger partial charge is 0.258 e. The van der Waals surface area contributed by atoms with Gasteiger partial charge in [0.25, 0.3) is 5.89 Å². The van der Waals surface area contributed by atoms with Crippen LogP contribution in [0.3, 0.4) is 0 Å². The van der Waals surface area contributed by atoms with Crippen LogP contribution >= 0.6 is 11.3 Å². The number of nitrogens with zero attached hydrogens (tertiary/aromatic N) is 2. The predicted octanol–water partition coefficient (Wildman–Crippen LogP) is 3.77. The summed E-state index contributed by atoms with van der Waals surface area (Å²) in [6.45, 7) is 0.458. The topological polar surface area (TPSA) is 68.0 Å². The van der Waals surface area contributed by atoms with Gasteiger partial charge in [0.05, 0.1) is 11.4 Å². The second-order valence-corrected chi connectivity index (χ2v) is 7.01. The third kappa shape index (κ3) is 3.58. The van der Waals surface area contributed by atoms with E-state index in [1.54, 1.807) is 0 Å². The molecule has 0 radical (unpaired) electrons. The van der Waals surface area contributed by atoms with Gasteiger partial charge in [0, 0.05) is 22.4 Å². The number of thiophene rings is 1. The molecule has 8 heteroatoms. The quantitative estimate of drug-likeness (QED) is 0.751. The maximum Gasteiger partial charge on any atom is 0.258 e. The van der Waals surface area contributed by atoms with E-state index in [-0.39, 0.29) is 23.3 Å². The lowest BCUT2D eigenvalue weighted by atomic mass is 10.2. The molecule has 1 N–H and O–H groups in total. The fourth-order valence-corrected chi connectivity index (χ4v) is 3.25. The molecule has 25 heavy (non-hydrogen) atoms. The molecule has 1 aliphatic carbocycles. The molecular formula is C17H13F2N3O2S. The van der Waals surface area contributed by atoms with Crippen molar-refractivity contribution >= 4 is 17.2 Å². The van der Waals surface area contributed by atoms with Crippen LogP contribution < -0.4 is 5.32 Å². The van der Waals surface area contributed by atoms with Crippen LogP contribution in [0.15, 0.2) is 34.9 Å². The van der Waals surface area contributed by atoms with Crippen molar-refractivity contribution in [1.82, 2.24) is 15.5 Å². The van der Waals surface area contributed by atoms with Gasteiger partial charge in [-0.05, 0) is 37.1 Å². The van der Waals surface area contributed by atoms with Crippen LogP contribution in [0.5, 0.6) is 0 Å². The molecule has 4 rings (SSSR count). The molecule has 0 atom stereocenters. The molecule has 1 saturated carbocycles. The molecule has 0 aliphatic heterocycles. The van der Waals surface area contributed by atoms with Crippen LogP contribution in [0.4, 0.5) is 8.78 Å². The summed E-state index contributed by atoms with van der Waals surface area (Å²) in [5.41, 5.74) is 0.185. The van der Waals surface area contributed by atoms with Crippen molar-refractivity contribution in [1.29, 1.82) is 0 Å². The fourth-order valence-electron chi connectivity index (χ4n) is 2.38. The number of hydrogen-bond acceptors (Lipinski definition) is 5. The second kappa shape index (κ2) is 6.36. The molecule has 1 aromatic carbocycles. The van der Waals surface area contributed by atoms with Crippen molar-refractivity contribution in [3.63, 3.8) is 0 Å². The van der Waals surface area contributed by atoms with E-state index in [2.05, 4.69) is 15.5 Å². The highest BCUT2D eigenvalue weighted by atomic mass is 32.1. The molecule has 128 valence electrons. The van der Waals surface area contributed by atoms with E-state index in [4.69, 9.17) is 4.52 Å². The van der Waals surface area contributed by atoms with Crippen LogP contribution in [0.25, 0.3) is 22.2 Å². The molecule has 1 fully saturated rings. The summed E-state index contributed by atoms with van der Waals surface area (Å²) in [6, 6.07) is 6.75. The lowest BCUT2D eigenvalue weighted by Crippen LogP contribution is -2.23. The van der Waals surface area contributed by atoms with Gasteiger partial charge in [0.2, 0.25) is 11.7 Å². The maximum absolute atomic E-state index is 13.3. The summed E-state index contributed by atoms with van der Waals surface area (Å²) in [5, 5.41) is 6.75. The first-order chi connectivity index (χ1) is 12.1. The Kier molecular flexibility index (Phi) is 4.04. The van der Waals surface area contributed by atoms with Gasteiger partial charge in [-0.15, -0.1) is 11.3 Å². The molecular weight excluding hydrogens is 348 g/mol. The summed E-state index contributed by atoms with van der Waals surface area (Å²) >= 11 is 1.43. The normalized spacial score (nSPS) is 13.8. The van der Waals surface area contributed by atoms with Gasteiger partial charge in [-0.1, -0.05) is 5.16 Å². The molecule has 1 aliphatic rings. The fraction of sp³-hybridized carbons (Fsp3) is 0.235. The summed E-state index contributed by atoms with van der Waals surface area (Å²) in [5.74, 6) is -0.773. The SMILES string of the molecule is O=C(NCc1ccc(-c2noc(-c3cc(F)cc(F)c3)n2)s1)C1CC1. The van der Waals surface area contributed by atoms with E-state index >= 15 is 0 Å². The number of carbonyl (C=O) groups is 1. The molecule has 1 amide bonds. The Bertz CT molecular complexity index is 913. The van der Waals surface area contributed by atoms with Gasteiger partial charge < -0.3 is 9.84 Å². The van der Waals surface area contributed by atoms with Gasteiger partial charge in [-0.2, -0.15) is 4.98 Å². The zero-order valence-electron chi connectivity index (χ0n) is 13.0. The molecule has 3 aromatic rings. The first-order valence-corrected chi connectivity index (χ1v) is 8.57. The number of benzene rings is 1. The minimum absolute atomic E-state index is 0.0467. The second-order valence-electron chi connectivity index (χ2n) is 5.84. The predicted molar refractivity (Wildman–Crippen MR) is 87.5 cm³/mol. The zero-order chi connectivity index (χ0) is 17.4. The molecule has 2 aromatic heterocycles.